The zero-order valence-corrected chi connectivity index (χ0v) is 7.73. The highest BCUT2D eigenvalue weighted by Gasteiger charge is 2.24. The van der Waals surface area contributed by atoms with Gasteiger partial charge in [-0.3, -0.25) is 9.59 Å². The van der Waals surface area contributed by atoms with Gasteiger partial charge in [-0.15, -0.1) is 0 Å². The second-order valence-corrected chi connectivity index (χ2v) is 3.36. The van der Waals surface area contributed by atoms with E-state index in [2.05, 4.69) is 0 Å². The number of carbonyl (C=O) groups excluding carboxylic acids is 2. The normalized spacial score (nSPS) is 16.3. The quantitative estimate of drug-likeness (QED) is 0.692. The van der Waals surface area contributed by atoms with Crippen molar-refractivity contribution in [3.63, 3.8) is 0 Å². The van der Waals surface area contributed by atoms with Crippen LogP contribution in [0.1, 0.15) is 12.2 Å². The molecule has 0 N–H and O–H groups in total. The predicted molar refractivity (Wildman–Crippen MR) is 48.6 cm³/mol. The fourth-order valence-electron chi connectivity index (χ4n) is 1.52. The molecule has 0 spiro atoms. The molecule has 1 amide bonds. The Labute approximate surface area is 81.5 Å². The van der Waals surface area contributed by atoms with E-state index >= 15 is 0 Å². The number of amides is 1. The smallest absolute Gasteiger partial charge is 0.230 e. The minimum atomic E-state index is -0.0363. The van der Waals surface area contributed by atoms with E-state index in [0.29, 0.717) is 18.7 Å². The summed E-state index contributed by atoms with van der Waals surface area (Å²) in [4.78, 5) is 24.1. The fourth-order valence-corrected chi connectivity index (χ4v) is 1.52. The number of hydrogen-bond acceptors (Lipinski definition) is 3. The number of ketones is 1. The third-order valence-corrected chi connectivity index (χ3v) is 2.29. The molecule has 0 saturated carbocycles. The molecule has 0 radical (unpaired) electrons. The molecule has 0 unspecified atom stereocenters. The zero-order valence-electron chi connectivity index (χ0n) is 7.73. The van der Waals surface area contributed by atoms with Gasteiger partial charge < -0.3 is 9.32 Å². The van der Waals surface area contributed by atoms with Crippen molar-refractivity contribution in [2.24, 2.45) is 0 Å². The van der Waals surface area contributed by atoms with Crippen LogP contribution in [0.5, 0.6) is 0 Å². The van der Waals surface area contributed by atoms with E-state index in [4.69, 9.17) is 4.42 Å². The molecule has 0 aromatic carbocycles. The van der Waals surface area contributed by atoms with Gasteiger partial charge in [-0.05, 0) is 12.1 Å². The minimum Gasteiger partial charge on any atom is -0.469 e. The van der Waals surface area contributed by atoms with Crippen LogP contribution in [-0.4, -0.2) is 29.7 Å². The second kappa shape index (κ2) is 3.65. The Morgan fingerprint density at radius 1 is 1.57 bits per heavy atom. The van der Waals surface area contributed by atoms with Gasteiger partial charge >= 0.3 is 0 Å². The Balaban J connectivity index is 1.93. The maximum atomic E-state index is 11.6. The Morgan fingerprint density at radius 2 is 2.43 bits per heavy atom. The summed E-state index contributed by atoms with van der Waals surface area (Å²) >= 11 is 0. The molecule has 1 fully saturated rings. The third-order valence-electron chi connectivity index (χ3n) is 2.29. The van der Waals surface area contributed by atoms with E-state index in [0.717, 1.165) is 0 Å². The van der Waals surface area contributed by atoms with Crippen LogP contribution in [0.4, 0.5) is 0 Å². The van der Waals surface area contributed by atoms with Crippen LogP contribution >= 0.6 is 0 Å². The molecule has 1 saturated heterocycles. The summed E-state index contributed by atoms with van der Waals surface area (Å²) in [7, 11) is 0. The Morgan fingerprint density at radius 3 is 3.00 bits per heavy atom. The maximum Gasteiger partial charge on any atom is 0.230 e. The Kier molecular flexibility index (Phi) is 2.35. The van der Waals surface area contributed by atoms with E-state index in [1.807, 2.05) is 0 Å². The van der Waals surface area contributed by atoms with E-state index in [9.17, 15) is 9.59 Å². The summed E-state index contributed by atoms with van der Waals surface area (Å²) in [6.07, 6.45) is 2.28. The van der Waals surface area contributed by atoms with E-state index in [1.54, 1.807) is 17.0 Å². The number of nitrogens with zero attached hydrogens (tertiary/aromatic N) is 1. The van der Waals surface area contributed by atoms with Gasteiger partial charge in [0.2, 0.25) is 5.91 Å². The first-order valence-electron chi connectivity index (χ1n) is 4.57. The SMILES string of the molecule is O=C1CCN(C(=O)Cc2ccco2)C1. The summed E-state index contributed by atoms with van der Waals surface area (Å²) in [5, 5.41) is 0. The molecule has 74 valence electrons. The summed E-state index contributed by atoms with van der Waals surface area (Å²) in [6, 6.07) is 3.51. The van der Waals surface area contributed by atoms with Crippen molar-refractivity contribution in [2.45, 2.75) is 12.8 Å². The topological polar surface area (TPSA) is 50.5 Å². The van der Waals surface area contributed by atoms with Crippen molar-refractivity contribution in [3.8, 4) is 0 Å². The van der Waals surface area contributed by atoms with E-state index in [1.165, 1.54) is 6.26 Å². The first-order chi connectivity index (χ1) is 6.75. The molecule has 14 heavy (non-hydrogen) atoms. The molecule has 1 aliphatic rings. The molecule has 4 heteroatoms. The van der Waals surface area contributed by atoms with E-state index in [-0.39, 0.29) is 24.7 Å². The molecule has 4 nitrogen and oxygen atoms in total. The molecular weight excluding hydrogens is 182 g/mol. The zero-order chi connectivity index (χ0) is 9.97. The summed E-state index contributed by atoms with van der Waals surface area (Å²) in [5.74, 6) is 0.748. The molecule has 1 aromatic heterocycles. The summed E-state index contributed by atoms with van der Waals surface area (Å²) in [6.45, 7) is 0.817. The van der Waals surface area contributed by atoms with Crippen LogP contribution in [0.2, 0.25) is 0 Å². The lowest BCUT2D eigenvalue weighted by Crippen LogP contribution is -2.29. The van der Waals surface area contributed by atoms with Gasteiger partial charge in [-0.25, -0.2) is 0 Å². The second-order valence-electron chi connectivity index (χ2n) is 3.36. The number of rotatable bonds is 2. The number of Topliss-reactive ketones (excluding diaryl/α,β-unsaturated/α-hetero) is 1. The van der Waals surface area contributed by atoms with Gasteiger partial charge in [0.1, 0.15) is 5.76 Å². The van der Waals surface area contributed by atoms with Crippen molar-refractivity contribution in [1.29, 1.82) is 0 Å². The Bertz CT molecular complexity index is 342. The fraction of sp³-hybridized carbons (Fsp3) is 0.400. The van der Waals surface area contributed by atoms with Gasteiger partial charge in [0.25, 0.3) is 0 Å². The van der Waals surface area contributed by atoms with Crippen LogP contribution in [-0.2, 0) is 16.0 Å². The number of likely N-dealkylation sites (tertiary alicyclic amines) is 1. The molecule has 0 atom stereocenters. The van der Waals surface area contributed by atoms with Crippen molar-refractivity contribution < 1.29 is 14.0 Å². The van der Waals surface area contributed by atoms with Crippen LogP contribution in [0.15, 0.2) is 22.8 Å². The Hall–Kier alpha value is -1.58. The average molecular weight is 193 g/mol. The molecule has 1 aliphatic heterocycles. The third kappa shape index (κ3) is 1.84. The number of furan rings is 1. The van der Waals surface area contributed by atoms with Gasteiger partial charge in [0, 0.05) is 13.0 Å². The monoisotopic (exact) mass is 193 g/mol. The summed E-state index contributed by atoms with van der Waals surface area (Å²) in [5.41, 5.74) is 0. The highest BCUT2D eigenvalue weighted by Crippen LogP contribution is 2.08. The maximum absolute atomic E-state index is 11.6. The van der Waals surface area contributed by atoms with Crippen LogP contribution in [0.25, 0.3) is 0 Å². The van der Waals surface area contributed by atoms with Crippen LogP contribution in [0.3, 0.4) is 0 Å². The first-order valence-corrected chi connectivity index (χ1v) is 4.57. The molecule has 0 bridgehead atoms. The van der Waals surface area contributed by atoms with Crippen molar-refractivity contribution in [1.82, 2.24) is 4.90 Å². The van der Waals surface area contributed by atoms with Gasteiger partial charge in [0.15, 0.2) is 5.78 Å². The van der Waals surface area contributed by atoms with Crippen LogP contribution in [0, 0.1) is 0 Å². The largest absolute Gasteiger partial charge is 0.469 e. The van der Waals surface area contributed by atoms with Gasteiger partial charge in [-0.1, -0.05) is 0 Å². The lowest BCUT2D eigenvalue weighted by molar-refractivity contribution is -0.131. The van der Waals surface area contributed by atoms with Crippen molar-refractivity contribution in [3.05, 3.63) is 24.2 Å². The summed E-state index contributed by atoms with van der Waals surface area (Å²) < 4.78 is 5.06. The van der Waals surface area contributed by atoms with E-state index < -0.39 is 0 Å². The number of hydrogen-bond donors (Lipinski definition) is 0. The van der Waals surface area contributed by atoms with Crippen molar-refractivity contribution in [2.75, 3.05) is 13.1 Å². The minimum absolute atomic E-state index is 0.0363. The van der Waals surface area contributed by atoms with Gasteiger partial charge in [-0.2, -0.15) is 0 Å². The highest BCUT2D eigenvalue weighted by atomic mass is 16.3. The standard InChI is InChI=1S/C10H11NO3/c12-8-3-4-11(7-8)10(13)6-9-2-1-5-14-9/h1-2,5H,3-4,6-7H2. The molecule has 1 aromatic rings. The average Bonchev–Trinajstić information content (AvgIpc) is 2.75. The van der Waals surface area contributed by atoms with Gasteiger partial charge in [0.05, 0.1) is 19.2 Å². The predicted octanol–water partition coefficient (Wildman–Crippen LogP) is 0.624. The number of carbonyl (C=O) groups is 2. The first kappa shape index (κ1) is 8.99. The van der Waals surface area contributed by atoms with Crippen molar-refractivity contribution >= 4 is 11.7 Å². The lowest BCUT2D eigenvalue weighted by atomic mass is 10.3. The lowest BCUT2D eigenvalue weighted by Gasteiger charge is -2.12. The molecule has 2 rings (SSSR count). The molecule has 2 heterocycles. The molecule has 0 aliphatic carbocycles. The highest BCUT2D eigenvalue weighted by molar-refractivity contribution is 5.89. The van der Waals surface area contributed by atoms with Crippen LogP contribution < -0.4 is 0 Å². The molecular formula is C10H11NO3.